The van der Waals surface area contributed by atoms with Crippen molar-refractivity contribution in [1.29, 1.82) is 5.26 Å². The number of nitrogens with zero attached hydrogens (tertiary/aromatic N) is 1. The summed E-state index contributed by atoms with van der Waals surface area (Å²) in [5.41, 5.74) is 0.382. The molecule has 3 saturated carbocycles. The molecule has 0 radical (unpaired) electrons. The fourth-order valence-corrected chi connectivity index (χ4v) is 6.76. The first-order valence-electron chi connectivity index (χ1n) is 10.4. The van der Waals surface area contributed by atoms with Crippen molar-refractivity contribution in [2.75, 3.05) is 7.11 Å². The average Bonchev–Trinajstić information content (AvgIpc) is 2.94. The third-order valence-electron chi connectivity index (χ3n) is 8.45. The molecule has 0 spiro atoms. The summed E-state index contributed by atoms with van der Waals surface area (Å²) in [6.45, 7) is 6.99. The lowest BCUT2D eigenvalue weighted by Gasteiger charge is -2.56. The lowest BCUT2D eigenvalue weighted by atomic mass is 9.51. The van der Waals surface area contributed by atoms with Gasteiger partial charge in [0.2, 0.25) is 0 Å². The molecule has 0 aromatic rings. The number of hydrogen-bond donors (Lipinski definition) is 1. The predicted octanol–water partition coefficient (Wildman–Crippen LogP) is 4.93. The largest absolute Gasteiger partial charge is 0.393 e. The van der Waals surface area contributed by atoms with Gasteiger partial charge in [0.15, 0.2) is 0 Å². The maximum atomic E-state index is 10.4. The van der Waals surface area contributed by atoms with Crippen LogP contribution in [0.1, 0.15) is 78.6 Å². The minimum atomic E-state index is -0.131. The van der Waals surface area contributed by atoms with E-state index in [-0.39, 0.29) is 29.0 Å². The standard InChI is InChI=1S/C22H37NO2/c1-15-12-22(3)16(11-19(15)24)7-5-9-18(22)20(25-4)13-21(2)10-6-8-17(21)14-23/h15-20,24H,5-13H2,1-4H3. The number of fused-ring (bicyclic) bond motifs is 1. The number of hydrogen-bond acceptors (Lipinski definition) is 3. The van der Waals surface area contributed by atoms with Crippen LogP contribution in [0.5, 0.6) is 0 Å². The van der Waals surface area contributed by atoms with Crippen LogP contribution in [-0.2, 0) is 4.74 Å². The molecule has 3 heteroatoms. The van der Waals surface area contributed by atoms with E-state index in [1.807, 2.05) is 7.11 Å². The van der Waals surface area contributed by atoms with Crippen LogP contribution < -0.4 is 0 Å². The highest BCUT2D eigenvalue weighted by Gasteiger charge is 2.53. The van der Waals surface area contributed by atoms with E-state index in [1.54, 1.807) is 0 Å². The highest BCUT2D eigenvalue weighted by Crippen LogP contribution is 2.58. The van der Waals surface area contributed by atoms with Crippen LogP contribution in [0.15, 0.2) is 0 Å². The van der Waals surface area contributed by atoms with Crippen molar-refractivity contribution in [2.45, 2.75) is 90.8 Å². The van der Waals surface area contributed by atoms with E-state index in [0.29, 0.717) is 17.8 Å². The van der Waals surface area contributed by atoms with Gasteiger partial charge in [0.25, 0.3) is 0 Å². The zero-order chi connectivity index (χ0) is 18.2. The summed E-state index contributed by atoms with van der Waals surface area (Å²) >= 11 is 0. The Morgan fingerprint density at radius 3 is 2.68 bits per heavy atom. The molecular formula is C22H37NO2. The second kappa shape index (κ2) is 7.20. The van der Waals surface area contributed by atoms with Crippen molar-refractivity contribution in [3.8, 4) is 6.07 Å². The molecule has 3 aliphatic rings. The summed E-state index contributed by atoms with van der Waals surface area (Å²) in [6, 6.07) is 2.58. The molecule has 25 heavy (non-hydrogen) atoms. The summed E-state index contributed by atoms with van der Waals surface area (Å²) in [5.74, 6) is 1.75. The van der Waals surface area contributed by atoms with Crippen molar-refractivity contribution in [3.05, 3.63) is 0 Å². The Labute approximate surface area is 154 Å². The monoisotopic (exact) mass is 347 g/mol. The van der Waals surface area contributed by atoms with E-state index in [1.165, 1.54) is 25.7 Å². The first-order valence-corrected chi connectivity index (χ1v) is 10.4. The zero-order valence-electron chi connectivity index (χ0n) is 16.6. The Bertz CT molecular complexity index is 515. The van der Waals surface area contributed by atoms with Crippen LogP contribution >= 0.6 is 0 Å². The first kappa shape index (κ1) is 19.2. The maximum absolute atomic E-state index is 10.4. The molecule has 0 aromatic heterocycles. The fraction of sp³-hybridized carbons (Fsp3) is 0.955. The van der Waals surface area contributed by atoms with Crippen LogP contribution in [0.3, 0.4) is 0 Å². The van der Waals surface area contributed by atoms with Gasteiger partial charge in [-0.1, -0.05) is 33.6 Å². The van der Waals surface area contributed by atoms with Gasteiger partial charge >= 0.3 is 0 Å². The van der Waals surface area contributed by atoms with Gasteiger partial charge in [-0.15, -0.1) is 0 Å². The molecule has 3 nitrogen and oxygen atoms in total. The van der Waals surface area contributed by atoms with Gasteiger partial charge in [-0.25, -0.2) is 0 Å². The van der Waals surface area contributed by atoms with Gasteiger partial charge in [0.1, 0.15) is 0 Å². The van der Waals surface area contributed by atoms with Gasteiger partial charge in [-0.2, -0.15) is 5.26 Å². The van der Waals surface area contributed by atoms with Crippen LogP contribution in [0, 0.1) is 45.8 Å². The molecule has 3 fully saturated rings. The van der Waals surface area contributed by atoms with Crippen molar-refractivity contribution in [3.63, 3.8) is 0 Å². The molecule has 0 aliphatic heterocycles. The van der Waals surface area contributed by atoms with Crippen molar-refractivity contribution >= 4 is 0 Å². The minimum Gasteiger partial charge on any atom is -0.393 e. The SMILES string of the molecule is COC(CC1(C)CCCC1C#N)C1CCCC2CC(O)C(C)CC21C. The molecular weight excluding hydrogens is 310 g/mol. The van der Waals surface area contributed by atoms with Gasteiger partial charge in [-0.05, 0) is 73.5 Å². The molecule has 0 aromatic carbocycles. The zero-order valence-corrected chi connectivity index (χ0v) is 16.6. The molecule has 8 atom stereocenters. The van der Waals surface area contributed by atoms with E-state index in [0.717, 1.165) is 32.1 Å². The lowest BCUT2D eigenvalue weighted by Crippen LogP contribution is -2.52. The Kier molecular flexibility index (Phi) is 5.52. The topological polar surface area (TPSA) is 53.2 Å². The third-order valence-corrected chi connectivity index (χ3v) is 8.45. The average molecular weight is 348 g/mol. The number of rotatable bonds is 4. The first-order chi connectivity index (χ1) is 11.8. The van der Waals surface area contributed by atoms with Crippen molar-refractivity contribution < 1.29 is 9.84 Å². The molecule has 0 amide bonds. The molecule has 0 heterocycles. The number of aliphatic hydroxyl groups excluding tert-OH is 1. The molecule has 8 unspecified atom stereocenters. The Morgan fingerprint density at radius 1 is 1.24 bits per heavy atom. The second-order valence-corrected chi connectivity index (χ2v) is 9.93. The van der Waals surface area contributed by atoms with Crippen LogP contribution in [0.25, 0.3) is 0 Å². The van der Waals surface area contributed by atoms with E-state index < -0.39 is 0 Å². The Balaban J connectivity index is 1.81. The summed E-state index contributed by atoms with van der Waals surface area (Å²) < 4.78 is 6.11. The Hall–Kier alpha value is -0.590. The minimum absolute atomic E-state index is 0.110. The lowest BCUT2D eigenvalue weighted by molar-refractivity contribution is -0.125. The Morgan fingerprint density at radius 2 is 2.00 bits per heavy atom. The molecule has 3 rings (SSSR count). The number of nitriles is 1. The highest BCUT2D eigenvalue weighted by molar-refractivity contribution is 5.05. The molecule has 142 valence electrons. The highest BCUT2D eigenvalue weighted by atomic mass is 16.5. The summed E-state index contributed by atoms with van der Waals surface area (Å²) in [6.07, 6.45) is 10.3. The van der Waals surface area contributed by atoms with E-state index in [9.17, 15) is 10.4 Å². The molecule has 1 N–H and O–H groups in total. The summed E-state index contributed by atoms with van der Waals surface area (Å²) in [5, 5.41) is 20.0. The molecule has 3 aliphatic carbocycles. The van der Waals surface area contributed by atoms with Crippen LogP contribution in [0.2, 0.25) is 0 Å². The number of methoxy groups -OCH3 is 1. The number of aliphatic hydroxyl groups is 1. The van der Waals surface area contributed by atoms with Crippen LogP contribution in [-0.4, -0.2) is 24.4 Å². The van der Waals surface area contributed by atoms with E-state index in [2.05, 4.69) is 26.8 Å². The predicted molar refractivity (Wildman–Crippen MR) is 99.8 cm³/mol. The summed E-state index contributed by atoms with van der Waals surface area (Å²) in [7, 11) is 1.87. The maximum Gasteiger partial charge on any atom is 0.0661 e. The second-order valence-electron chi connectivity index (χ2n) is 9.93. The summed E-state index contributed by atoms with van der Waals surface area (Å²) in [4.78, 5) is 0. The van der Waals surface area contributed by atoms with Gasteiger partial charge in [-0.3, -0.25) is 0 Å². The van der Waals surface area contributed by atoms with Crippen LogP contribution in [0.4, 0.5) is 0 Å². The number of ether oxygens (including phenoxy) is 1. The molecule has 0 bridgehead atoms. The smallest absolute Gasteiger partial charge is 0.0661 e. The molecule has 0 saturated heterocycles. The third kappa shape index (κ3) is 3.37. The van der Waals surface area contributed by atoms with Gasteiger partial charge in [0.05, 0.1) is 24.2 Å². The fourth-order valence-electron chi connectivity index (χ4n) is 6.76. The van der Waals surface area contributed by atoms with Gasteiger partial charge < -0.3 is 9.84 Å². The van der Waals surface area contributed by atoms with E-state index >= 15 is 0 Å². The van der Waals surface area contributed by atoms with Crippen molar-refractivity contribution in [1.82, 2.24) is 0 Å². The van der Waals surface area contributed by atoms with Gasteiger partial charge in [0, 0.05) is 7.11 Å². The van der Waals surface area contributed by atoms with E-state index in [4.69, 9.17) is 4.74 Å². The quantitative estimate of drug-likeness (QED) is 0.784. The normalized spacial score (nSPS) is 48.6. The van der Waals surface area contributed by atoms with Crippen molar-refractivity contribution in [2.24, 2.45) is 34.5 Å².